The van der Waals surface area contributed by atoms with Crippen LogP contribution in [0.5, 0.6) is 0 Å². The van der Waals surface area contributed by atoms with Crippen LogP contribution in [0, 0.1) is 5.92 Å². The van der Waals surface area contributed by atoms with Crippen LogP contribution in [0.1, 0.15) is 16.1 Å². The summed E-state index contributed by atoms with van der Waals surface area (Å²) in [6.07, 6.45) is 2.26. The van der Waals surface area contributed by atoms with Crippen LogP contribution < -0.4 is 5.32 Å². The molecule has 24 heavy (non-hydrogen) atoms. The van der Waals surface area contributed by atoms with Gasteiger partial charge in [0.15, 0.2) is 5.76 Å². The highest BCUT2D eigenvalue weighted by Crippen LogP contribution is 2.24. The van der Waals surface area contributed by atoms with E-state index in [0.717, 1.165) is 17.5 Å². The molecule has 0 saturated heterocycles. The van der Waals surface area contributed by atoms with Crippen molar-refractivity contribution < 1.29 is 14.3 Å². The summed E-state index contributed by atoms with van der Waals surface area (Å²) in [5.74, 6) is 0.0229. The molecule has 1 aromatic carbocycles. The SMILES string of the molecule is O=C(NC[C@@H](CO)Cc1ccsc1)c1occc1-c1ccccc1. The van der Waals surface area contributed by atoms with Crippen molar-refractivity contribution in [2.24, 2.45) is 5.92 Å². The van der Waals surface area contributed by atoms with Gasteiger partial charge in [0.25, 0.3) is 5.91 Å². The van der Waals surface area contributed by atoms with Gasteiger partial charge in [-0.1, -0.05) is 30.3 Å². The third kappa shape index (κ3) is 3.93. The van der Waals surface area contributed by atoms with Crippen LogP contribution in [0.2, 0.25) is 0 Å². The number of amides is 1. The molecule has 1 amide bonds. The predicted octanol–water partition coefficient (Wildman–Crippen LogP) is 3.59. The minimum Gasteiger partial charge on any atom is -0.459 e. The van der Waals surface area contributed by atoms with Crippen LogP contribution in [0.15, 0.2) is 63.9 Å². The van der Waals surface area contributed by atoms with E-state index in [1.54, 1.807) is 17.4 Å². The molecule has 1 atom stereocenters. The van der Waals surface area contributed by atoms with Crippen molar-refractivity contribution in [3.8, 4) is 11.1 Å². The maximum absolute atomic E-state index is 12.4. The molecular weight excluding hydrogens is 322 g/mol. The van der Waals surface area contributed by atoms with Gasteiger partial charge in [-0.05, 0) is 40.4 Å². The van der Waals surface area contributed by atoms with Crippen molar-refractivity contribution in [3.05, 3.63) is 70.8 Å². The minimum atomic E-state index is -0.261. The lowest BCUT2D eigenvalue weighted by Crippen LogP contribution is -2.31. The predicted molar refractivity (Wildman–Crippen MR) is 95.1 cm³/mol. The van der Waals surface area contributed by atoms with Gasteiger partial charge in [-0.3, -0.25) is 4.79 Å². The first-order valence-corrected chi connectivity index (χ1v) is 8.75. The Kier molecular flexibility index (Phi) is 5.46. The van der Waals surface area contributed by atoms with Gasteiger partial charge in [-0.2, -0.15) is 11.3 Å². The zero-order valence-corrected chi connectivity index (χ0v) is 14.0. The van der Waals surface area contributed by atoms with E-state index in [1.807, 2.05) is 41.8 Å². The molecule has 2 heterocycles. The second kappa shape index (κ2) is 7.95. The van der Waals surface area contributed by atoms with E-state index < -0.39 is 0 Å². The molecule has 124 valence electrons. The Hall–Kier alpha value is -2.37. The molecule has 0 saturated carbocycles. The Morgan fingerprint density at radius 1 is 1.21 bits per heavy atom. The number of aliphatic hydroxyl groups is 1. The van der Waals surface area contributed by atoms with Crippen LogP contribution in [-0.4, -0.2) is 24.2 Å². The topological polar surface area (TPSA) is 62.5 Å². The van der Waals surface area contributed by atoms with Crippen molar-refractivity contribution in [2.45, 2.75) is 6.42 Å². The first kappa shape index (κ1) is 16.5. The van der Waals surface area contributed by atoms with Gasteiger partial charge >= 0.3 is 0 Å². The summed E-state index contributed by atoms with van der Waals surface area (Å²) in [6, 6.07) is 13.5. The highest BCUT2D eigenvalue weighted by atomic mass is 32.1. The fourth-order valence-electron chi connectivity index (χ4n) is 2.59. The van der Waals surface area contributed by atoms with Crippen LogP contribution in [0.3, 0.4) is 0 Å². The van der Waals surface area contributed by atoms with E-state index in [4.69, 9.17) is 4.42 Å². The monoisotopic (exact) mass is 341 g/mol. The second-order valence-electron chi connectivity index (χ2n) is 5.62. The van der Waals surface area contributed by atoms with E-state index >= 15 is 0 Å². The molecule has 0 bridgehead atoms. The van der Waals surface area contributed by atoms with Crippen molar-refractivity contribution in [3.63, 3.8) is 0 Å². The lowest BCUT2D eigenvalue weighted by atomic mass is 10.0. The third-order valence-corrected chi connectivity index (χ3v) is 4.60. The van der Waals surface area contributed by atoms with Gasteiger partial charge in [0.2, 0.25) is 0 Å². The number of carbonyl (C=O) groups is 1. The molecule has 0 fully saturated rings. The van der Waals surface area contributed by atoms with E-state index in [0.29, 0.717) is 12.3 Å². The molecule has 3 rings (SSSR count). The maximum atomic E-state index is 12.4. The Bertz CT molecular complexity index is 765. The minimum absolute atomic E-state index is 0.0151. The van der Waals surface area contributed by atoms with E-state index in [-0.39, 0.29) is 18.4 Å². The van der Waals surface area contributed by atoms with E-state index in [2.05, 4.69) is 10.7 Å². The fourth-order valence-corrected chi connectivity index (χ4v) is 3.27. The Balaban J connectivity index is 1.64. The largest absolute Gasteiger partial charge is 0.459 e. The summed E-state index contributed by atoms with van der Waals surface area (Å²) in [5.41, 5.74) is 2.89. The number of aliphatic hydroxyl groups excluding tert-OH is 1. The number of hydrogen-bond donors (Lipinski definition) is 2. The normalized spacial score (nSPS) is 12.0. The Labute approximate surface area is 144 Å². The number of thiophene rings is 1. The highest BCUT2D eigenvalue weighted by Gasteiger charge is 2.18. The maximum Gasteiger partial charge on any atom is 0.287 e. The number of nitrogens with one attached hydrogen (secondary N) is 1. The standard InChI is InChI=1S/C19H19NO3S/c21-12-15(10-14-7-9-24-13-14)11-20-19(22)18-17(6-8-23-18)16-4-2-1-3-5-16/h1-9,13,15,21H,10-12H2,(H,20,22)/t15-/m0/s1. The molecule has 0 spiro atoms. The third-order valence-electron chi connectivity index (χ3n) is 3.87. The summed E-state index contributed by atoms with van der Waals surface area (Å²) in [5, 5.41) is 16.5. The quantitative estimate of drug-likeness (QED) is 0.690. The molecule has 0 radical (unpaired) electrons. The van der Waals surface area contributed by atoms with Crippen LogP contribution in [0.25, 0.3) is 11.1 Å². The molecule has 0 unspecified atom stereocenters. The first-order valence-electron chi connectivity index (χ1n) is 7.81. The van der Waals surface area contributed by atoms with Gasteiger partial charge in [0, 0.05) is 24.6 Å². The summed E-state index contributed by atoms with van der Waals surface area (Å²) < 4.78 is 5.38. The molecule has 4 nitrogen and oxygen atoms in total. The highest BCUT2D eigenvalue weighted by molar-refractivity contribution is 7.07. The molecular formula is C19H19NO3S. The fraction of sp³-hybridized carbons (Fsp3) is 0.211. The molecule has 5 heteroatoms. The Morgan fingerprint density at radius 3 is 2.75 bits per heavy atom. The molecule has 0 aliphatic heterocycles. The number of hydrogen-bond acceptors (Lipinski definition) is 4. The van der Waals surface area contributed by atoms with E-state index in [9.17, 15) is 9.90 Å². The molecule has 2 aromatic heterocycles. The smallest absolute Gasteiger partial charge is 0.287 e. The summed E-state index contributed by atoms with van der Waals surface area (Å²) in [6.45, 7) is 0.430. The van der Waals surface area contributed by atoms with Crippen molar-refractivity contribution in [1.29, 1.82) is 0 Å². The summed E-state index contributed by atoms with van der Waals surface area (Å²) in [4.78, 5) is 12.4. The van der Waals surface area contributed by atoms with E-state index in [1.165, 1.54) is 11.8 Å². The summed E-state index contributed by atoms with van der Waals surface area (Å²) in [7, 11) is 0. The lowest BCUT2D eigenvalue weighted by molar-refractivity contribution is 0.0913. The van der Waals surface area contributed by atoms with Gasteiger partial charge in [-0.15, -0.1) is 0 Å². The average Bonchev–Trinajstić information content (AvgIpc) is 3.30. The molecule has 3 aromatic rings. The lowest BCUT2D eigenvalue weighted by Gasteiger charge is -2.14. The first-order chi connectivity index (χ1) is 11.8. The van der Waals surface area contributed by atoms with Crippen molar-refractivity contribution in [2.75, 3.05) is 13.2 Å². The summed E-state index contributed by atoms with van der Waals surface area (Å²) >= 11 is 1.63. The number of carbonyl (C=O) groups excluding carboxylic acids is 1. The zero-order valence-electron chi connectivity index (χ0n) is 13.1. The van der Waals surface area contributed by atoms with Gasteiger partial charge in [0.1, 0.15) is 0 Å². The van der Waals surface area contributed by atoms with Crippen LogP contribution in [-0.2, 0) is 6.42 Å². The van der Waals surface area contributed by atoms with Crippen molar-refractivity contribution >= 4 is 17.2 Å². The molecule has 0 aliphatic rings. The second-order valence-corrected chi connectivity index (χ2v) is 6.40. The van der Waals surface area contributed by atoms with Crippen molar-refractivity contribution in [1.82, 2.24) is 5.32 Å². The van der Waals surface area contributed by atoms with Crippen LogP contribution in [0.4, 0.5) is 0 Å². The van der Waals surface area contributed by atoms with Gasteiger partial charge < -0.3 is 14.8 Å². The zero-order chi connectivity index (χ0) is 16.8. The number of furan rings is 1. The molecule has 2 N–H and O–H groups in total. The number of rotatable bonds is 7. The van der Waals surface area contributed by atoms with Crippen LogP contribution >= 0.6 is 11.3 Å². The van der Waals surface area contributed by atoms with Gasteiger partial charge in [-0.25, -0.2) is 0 Å². The average molecular weight is 341 g/mol. The Morgan fingerprint density at radius 2 is 2.04 bits per heavy atom. The molecule has 0 aliphatic carbocycles. The number of benzene rings is 1. The van der Waals surface area contributed by atoms with Gasteiger partial charge in [0.05, 0.1) is 6.26 Å².